The van der Waals surface area contributed by atoms with Crippen LogP contribution in [0.2, 0.25) is 0 Å². The Labute approximate surface area is 149 Å². The van der Waals surface area contributed by atoms with Gasteiger partial charge in [0.1, 0.15) is 6.54 Å². The Morgan fingerprint density at radius 1 is 1.24 bits per heavy atom. The second-order valence-corrected chi connectivity index (χ2v) is 7.51. The first-order valence-electron chi connectivity index (χ1n) is 9.11. The average Bonchev–Trinajstić information content (AvgIpc) is 3.23. The van der Waals surface area contributed by atoms with Crippen LogP contribution in [0.1, 0.15) is 28.6 Å². The van der Waals surface area contributed by atoms with E-state index in [4.69, 9.17) is 0 Å². The zero-order chi connectivity index (χ0) is 17.6. The van der Waals surface area contributed by atoms with E-state index in [1.807, 2.05) is 24.6 Å². The minimum absolute atomic E-state index is 0.172. The molecule has 2 fully saturated rings. The zero-order valence-electron chi connectivity index (χ0n) is 15.2. The van der Waals surface area contributed by atoms with E-state index in [1.54, 1.807) is 0 Å². The number of likely N-dealkylation sites (tertiary alicyclic amines) is 1. The predicted octanol–water partition coefficient (Wildman–Crippen LogP) is 2.23. The maximum atomic E-state index is 13.1. The molecule has 0 bridgehead atoms. The summed E-state index contributed by atoms with van der Waals surface area (Å²) in [6.45, 7) is 9.30. The van der Waals surface area contributed by atoms with E-state index in [9.17, 15) is 4.79 Å². The number of aromatic nitrogens is 2. The molecule has 1 amide bonds. The van der Waals surface area contributed by atoms with Crippen molar-refractivity contribution in [2.24, 2.45) is 11.8 Å². The number of carbonyl (C=O) groups excluding carboxylic acids is 1. The summed E-state index contributed by atoms with van der Waals surface area (Å²) in [6.07, 6.45) is 0. The molecule has 0 spiro atoms. The van der Waals surface area contributed by atoms with Gasteiger partial charge in [0.15, 0.2) is 0 Å². The van der Waals surface area contributed by atoms with Crippen molar-refractivity contribution >= 4 is 5.91 Å². The van der Waals surface area contributed by atoms with Gasteiger partial charge < -0.3 is 10.2 Å². The van der Waals surface area contributed by atoms with Crippen LogP contribution in [-0.4, -0.2) is 40.2 Å². The largest absolute Gasteiger partial charge is 0.333 e. The number of amides is 1. The summed E-state index contributed by atoms with van der Waals surface area (Å²) in [4.78, 5) is 15.3. The molecule has 3 atom stereocenters. The standard InChI is InChI=1S/C20H26N4O/c1-13-6-4-5-7-17(13)20-18-10-21-9-16(18)11-23(20)19(25)12-24-15(3)8-14(2)22-24/h4-8,16,18,20-21H,9-12H2,1-3H3/t16-,18-,20+/m0/s1. The number of hydrogen-bond acceptors (Lipinski definition) is 3. The molecule has 2 aliphatic heterocycles. The van der Waals surface area contributed by atoms with Gasteiger partial charge in [-0.2, -0.15) is 5.10 Å². The lowest BCUT2D eigenvalue weighted by Gasteiger charge is -2.29. The first-order valence-corrected chi connectivity index (χ1v) is 9.11. The molecule has 2 aliphatic rings. The molecule has 1 aromatic carbocycles. The number of benzene rings is 1. The van der Waals surface area contributed by atoms with Crippen LogP contribution in [0.25, 0.3) is 0 Å². The normalized spacial score (nSPS) is 25.4. The van der Waals surface area contributed by atoms with Gasteiger partial charge in [0, 0.05) is 31.2 Å². The summed E-state index contributed by atoms with van der Waals surface area (Å²) in [5, 5.41) is 7.98. The first-order chi connectivity index (χ1) is 12.0. The van der Waals surface area contributed by atoms with Gasteiger partial charge >= 0.3 is 0 Å². The number of rotatable bonds is 3. The van der Waals surface area contributed by atoms with Gasteiger partial charge in [-0.1, -0.05) is 24.3 Å². The van der Waals surface area contributed by atoms with Crippen LogP contribution in [0.4, 0.5) is 0 Å². The Morgan fingerprint density at radius 3 is 2.76 bits per heavy atom. The third-order valence-corrected chi connectivity index (χ3v) is 5.78. The molecule has 0 radical (unpaired) electrons. The molecule has 2 aromatic rings. The number of aryl methyl sites for hydroxylation is 3. The van der Waals surface area contributed by atoms with Gasteiger partial charge in [-0.15, -0.1) is 0 Å². The van der Waals surface area contributed by atoms with Crippen LogP contribution >= 0.6 is 0 Å². The molecule has 1 aromatic heterocycles. The third kappa shape index (κ3) is 2.86. The topological polar surface area (TPSA) is 50.2 Å². The van der Waals surface area contributed by atoms with E-state index in [0.717, 1.165) is 31.0 Å². The van der Waals surface area contributed by atoms with Crippen molar-refractivity contribution in [3.05, 3.63) is 52.8 Å². The molecule has 132 valence electrons. The Balaban J connectivity index is 1.64. The van der Waals surface area contributed by atoms with Gasteiger partial charge in [-0.05, 0) is 43.9 Å². The fourth-order valence-electron chi connectivity index (χ4n) is 4.55. The molecular formula is C20H26N4O. The molecule has 2 saturated heterocycles. The first kappa shape index (κ1) is 16.3. The smallest absolute Gasteiger partial charge is 0.244 e. The van der Waals surface area contributed by atoms with E-state index in [2.05, 4.69) is 46.5 Å². The number of hydrogen-bond donors (Lipinski definition) is 1. The molecule has 1 N–H and O–H groups in total. The number of nitrogens with one attached hydrogen (secondary N) is 1. The lowest BCUT2D eigenvalue weighted by Crippen LogP contribution is -2.37. The molecule has 0 unspecified atom stereocenters. The Morgan fingerprint density at radius 2 is 2.04 bits per heavy atom. The highest BCUT2D eigenvalue weighted by molar-refractivity contribution is 5.77. The monoisotopic (exact) mass is 338 g/mol. The van der Waals surface area contributed by atoms with Crippen molar-refractivity contribution in [2.75, 3.05) is 19.6 Å². The summed E-state index contributed by atoms with van der Waals surface area (Å²) >= 11 is 0. The maximum absolute atomic E-state index is 13.1. The summed E-state index contributed by atoms with van der Waals surface area (Å²) < 4.78 is 1.83. The Hall–Kier alpha value is -2.14. The average molecular weight is 338 g/mol. The third-order valence-electron chi connectivity index (χ3n) is 5.78. The number of fused-ring (bicyclic) bond motifs is 1. The molecule has 5 nitrogen and oxygen atoms in total. The van der Waals surface area contributed by atoms with Gasteiger partial charge in [0.05, 0.1) is 11.7 Å². The summed E-state index contributed by atoms with van der Waals surface area (Å²) in [5.41, 5.74) is 4.56. The van der Waals surface area contributed by atoms with Gasteiger partial charge in [0.25, 0.3) is 0 Å². The van der Waals surface area contributed by atoms with Crippen molar-refractivity contribution in [3.63, 3.8) is 0 Å². The lowest BCUT2D eigenvalue weighted by molar-refractivity contribution is -0.133. The fourth-order valence-corrected chi connectivity index (χ4v) is 4.55. The van der Waals surface area contributed by atoms with Crippen LogP contribution in [0.5, 0.6) is 0 Å². The van der Waals surface area contributed by atoms with E-state index in [0.29, 0.717) is 18.4 Å². The van der Waals surface area contributed by atoms with Crippen LogP contribution < -0.4 is 5.32 Å². The van der Waals surface area contributed by atoms with E-state index >= 15 is 0 Å². The van der Waals surface area contributed by atoms with E-state index in [1.165, 1.54) is 11.1 Å². The van der Waals surface area contributed by atoms with E-state index < -0.39 is 0 Å². The minimum atomic E-state index is 0.172. The highest BCUT2D eigenvalue weighted by atomic mass is 16.2. The molecular weight excluding hydrogens is 312 g/mol. The second kappa shape index (κ2) is 6.30. The molecule has 4 rings (SSSR count). The van der Waals surface area contributed by atoms with Crippen LogP contribution in [0, 0.1) is 32.6 Å². The maximum Gasteiger partial charge on any atom is 0.244 e. The summed E-state index contributed by atoms with van der Waals surface area (Å²) in [7, 11) is 0. The van der Waals surface area contributed by atoms with Gasteiger partial charge in [-0.25, -0.2) is 0 Å². The fraction of sp³-hybridized carbons (Fsp3) is 0.500. The predicted molar refractivity (Wildman–Crippen MR) is 97.2 cm³/mol. The quantitative estimate of drug-likeness (QED) is 0.934. The summed E-state index contributed by atoms with van der Waals surface area (Å²) in [5.74, 6) is 1.23. The number of carbonyl (C=O) groups is 1. The molecule has 3 heterocycles. The highest BCUT2D eigenvalue weighted by Gasteiger charge is 2.47. The highest BCUT2D eigenvalue weighted by Crippen LogP contribution is 2.43. The van der Waals surface area contributed by atoms with Crippen molar-refractivity contribution in [2.45, 2.75) is 33.4 Å². The molecule has 5 heteroatoms. The van der Waals surface area contributed by atoms with Crippen molar-refractivity contribution in [1.82, 2.24) is 20.0 Å². The van der Waals surface area contributed by atoms with Gasteiger partial charge in [-0.3, -0.25) is 9.48 Å². The minimum Gasteiger partial charge on any atom is -0.333 e. The van der Waals surface area contributed by atoms with E-state index in [-0.39, 0.29) is 11.9 Å². The molecule has 25 heavy (non-hydrogen) atoms. The van der Waals surface area contributed by atoms with Crippen LogP contribution in [-0.2, 0) is 11.3 Å². The second-order valence-electron chi connectivity index (χ2n) is 7.51. The van der Waals surface area contributed by atoms with Crippen molar-refractivity contribution < 1.29 is 4.79 Å². The molecule has 0 saturated carbocycles. The molecule has 0 aliphatic carbocycles. The number of nitrogens with zero attached hydrogens (tertiary/aromatic N) is 3. The Bertz CT molecular complexity index is 797. The Kier molecular flexibility index (Phi) is 4.12. The van der Waals surface area contributed by atoms with Crippen LogP contribution in [0.3, 0.4) is 0 Å². The summed E-state index contributed by atoms with van der Waals surface area (Å²) in [6, 6.07) is 10.7. The lowest BCUT2D eigenvalue weighted by atomic mass is 9.87. The van der Waals surface area contributed by atoms with Gasteiger partial charge in [0.2, 0.25) is 5.91 Å². The SMILES string of the molecule is Cc1cc(C)n(CC(=O)N2C[C@@H]3CNC[C@@H]3[C@H]2c2ccccc2C)n1. The zero-order valence-corrected chi connectivity index (χ0v) is 15.2. The van der Waals surface area contributed by atoms with Crippen molar-refractivity contribution in [1.29, 1.82) is 0 Å². The van der Waals surface area contributed by atoms with Crippen molar-refractivity contribution in [3.8, 4) is 0 Å². The van der Waals surface area contributed by atoms with Crippen LogP contribution in [0.15, 0.2) is 30.3 Å².